The molecule has 17 heavy (non-hydrogen) atoms. The molecule has 1 aromatic carbocycles. The molecule has 1 aromatic heterocycles. The number of aliphatic hydroxyl groups excluding tert-OH is 1. The van der Waals surface area contributed by atoms with Gasteiger partial charge >= 0.3 is 0 Å². The van der Waals surface area contributed by atoms with E-state index in [4.69, 9.17) is 10.2 Å². The second-order valence-corrected chi connectivity index (χ2v) is 4.48. The van der Waals surface area contributed by atoms with Gasteiger partial charge in [-0.3, -0.25) is 4.90 Å². The molecule has 1 aliphatic heterocycles. The lowest BCUT2D eigenvalue weighted by molar-refractivity contribution is 0.171. The first-order chi connectivity index (χ1) is 8.22. The number of likely N-dealkylation sites (tertiary alicyclic amines) is 1. The highest BCUT2D eigenvalue weighted by Crippen LogP contribution is 2.22. The van der Waals surface area contributed by atoms with E-state index in [2.05, 4.69) is 9.88 Å². The van der Waals surface area contributed by atoms with Gasteiger partial charge in [-0.25, -0.2) is 4.98 Å². The molecule has 90 valence electrons. The van der Waals surface area contributed by atoms with Gasteiger partial charge in [0.1, 0.15) is 5.52 Å². The Hall–Kier alpha value is -1.59. The topological polar surface area (TPSA) is 75.5 Å². The fourth-order valence-corrected chi connectivity index (χ4v) is 2.23. The Morgan fingerprint density at radius 1 is 1.53 bits per heavy atom. The molecule has 0 radical (unpaired) electrons. The highest BCUT2D eigenvalue weighted by molar-refractivity contribution is 5.85. The first kappa shape index (κ1) is 10.6. The first-order valence-electron chi connectivity index (χ1n) is 5.77. The average Bonchev–Trinajstić information content (AvgIpc) is 2.86. The Bertz CT molecular complexity index is 538. The fraction of sp³-hybridized carbons (Fsp3) is 0.417. The van der Waals surface area contributed by atoms with Gasteiger partial charge in [0.05, 0.1) is 18.3 Å². The highest BCUT2D eigenvalue weighted by atomic mass is 16.3. The van der Waals surface area contributed by atoms with Crippen molar-refractivity contribution in [1.29, 1.82) is 0 Å². The predicted octanol–water partition coefficient (Wildman–Crippen LogP) is 0.977. The van der Waals surface area contributed by atoms with Crippen molar-refractivity contribution >= 4 is 16.8 Å². The summed E-state index contributed by atoms with van der Waals surface area (Å²) in [5, 5.41) is 9.45. The Balaban J connectivity index is 1.84. The van der Waals surface area contributed by atoms with Crippen molar-refractivity contribution in [3.05, 3.63) is 24.1 Å². The quantitative estimate of drug-likeness (QED) is 0.756. The summed E-state index contributed by atoms with van der Waals surface area (Å²) in [5.74, 6) is 0.659. The number of aliphatic hydroxyl groups is 1. The normalized spacial score (nSPS) is 21.4. The van der Waals surface area contributed by atoms with E-state index in [9.17, 15) is 5.11 Å². The zero-order valence-electron chi connectivity index (χ0n) is 9.47. The number of aromatic nitrogens is 1. The molecule has 0 saturated carbocycles. The molecular formula is C12H15N3O2. The van der Waals surface area contributed by atoms with Crippen molar-refractivity contribution in [2.24, 2.45) is 0 Å². The Labute approximate surface area is 98.8 Å². The molecule has 3 rings (SSSR count). The maximum absolute atomic E-state index is 9.45. The van der Waals surface area contributed by atoms with Crippen molar-refractivity contribution < 1.29 is 9.52 Å². The number of benzene rings is 1. The van der Waals surface area contributed by atoms with Crippen LogP contribution in [0.5, 0.6) is 0 Å². The van der Waals surface area contributed by atoms with Gasteiger partial charge in [-0.05, 0) is 18.6 Å². The van der Waals surface area contributed by atoms with Gasteiger partial charge in [-0.1, -0.05) is 6.07 Å². The summed E-state index contributed by atoms with van der Waals surface area (Å²) in [4.78, 5) is 6.52. The Morgan fingerprint density at radius 2 is 2.41 bits per heavy atom. The Morgan fingerprint density at radius 3 is 3.12 bits per heavy atom. The number of nitrogens with two attached hydrogens (primary N) is 1. The number of para-hydroxylation sites is 1. The summed E-state index contributed by atoms with van der Waals surface area (Å²) < 4.78 is 5.63. The number of rotatable bonds is 2. The smallest absolute Gasteiger partial charge is 0.209 e. The molecule has 2 aromatic rings. The van der Waals surface area contributed by atoms with Crippen LogP contribution in [0.2, 0.25) is 0 Å². The minimum Gasteiger partial charge on any atom is -0.439 e. The molecule has 2 heterocycles. The summed E-state index contributed by atoms with van der Waals surface area (Å²) in [6.45, 7) is 2.20. The van der Waals surface area contributed by atoms with Crippen LogP contribution < -0.4 is 5.73 Å². The summed E-state index contributed by atoms with van der Waals surface area (Å²) in [5.41, 5.74) is 7.91. The number of nitrogen functional groups attached to an aromatic ring is 1. The van der Waals surface area contributed by atoms with E-state index in [-0.39, 0.29) is 6.10 Å². The lowest BCUT2D eigenvalue weighted by Crippen LogP contribution is -2.21. The molecule has 3 N–H and O–H groups in total. The molecule has 5 nitrogen and oxygen atoms in total. The Kier molecular flexibility index (Phi) is 2.49. The average molecular weight is 233 g/mol. The van der Waals surface area contributed by atoms with Crippen LogP contribution >= 0.6 is 0 Å². The highest BCUT2D eigenvalue weighted by Gasteiger charge is 2.21. The van der Waals surface area contributed by atoms with Crippen molar-refractivity contribution in [2.45, 2.75) is 19.1 Å². The molecule has 1 atom stereocenters. The van der Waals surface area contributed by atoms with Crippen molar-refractivity contribution in [3.8, 4) is 0 Å². The van der Waals surface area contributed by atoms with Crippen LogP contribution in [0.3, 0.4) is 0 Å². The van der Waals surface area contributed by atoms with Gasteiger partial charge in [0.15, 0.2) is 5.58 Å². The molecule has 1 unspecified atom stereocenters. The minimum atomic E-state index is -0.218. The molecular weight excluding hydrogens is 218 g/mol. The van der Waals surface area contributed by atoms with Crippen molar-refractivity contribution in [2.75, 3.05) is 18.8 Å². The van der Waals surface area contributed by atoms with Crippen molar-refractivity contribution in [3.63, 3.8) is 0 Å². The van der Waals surface area contributed by atoms with E-state index in [1.54, 1.807) is 0 Å². The van der Waals surface area contributed by atoms with Gasteiger partial charge in [0, 0.05) is 13.1 Å². The van der Waals surface area contributed by atoms with Crippen LogP contribution in [0.25, 0.3) is 11.1 Å². The molecule has 1 saturated heterocycles. The number of oxazole rings is 1. The SMILES string of the molecule is Nc1cccc2oc(CN3CCC(O)C3)nc12. The number of β-amino-alcohol motifs (C(OH)–C–C–N with tert-alkyl or cyclic N) is 1. The van der Waals surface area contributed by atoms with E-state index in [1.165, 1.54) is 0 Å². The molecule has 1 aliphatic rings. The van der Waals surface area contributed by atoms with Gasteiger partial charge in [0.2, 0.25) is 5.89 Å². The van der Waals surface area contributed by atoms with Gasteiger partial charge in [-0.15, -0.1) is 0 Å². The van der Waals surface area contributed by atoms with Gasteiger partial charge in [0.25, 0.3) is 0 Å². The summed E-state index contributed by atoms with van der Waals surface area (Å²) in [6, 6.07) is 5.53. The predicted molar refractivity (Wildman–Crippen MR) is 64.3 cm³/mol. The van der Waals surface area contributed by atoms with Crippen molar-refractivity contribution in [1.82, 2.24) is 9.88 Å². The second-order valence-electron chi connectivity index (χ2n) is 4.48. The summed E-state index contributed by atoms with van der Waals surface area (Å²) in [7, 11) is 0. The van der Waals surface area contributed by atoms with Crippen LogP contribution in [0.4, 0.5) is 5.69 Å². The lowest BCUT2D eigenvalue weighted by atomic mass is 10.3. The molecule has 0 amide bonds. The van der Waals surface area contributed by atoms with Crippen LogP contribution in [-0.2, 0) is 6.54 Å². The molecule has 0 bridgehead atoms. The number of hydrogen-bond donors (Lipinski definition) is 2. The number of anilines is 1. The van der Waals surface area contributed by atoms with Crippen LogP contribution in [0.1, 0.15) is 12.3 Å². The van der Waals surface area contributed by atoms with E-state index >= 15 is 0 Å². The summed E-state index contributed by atoms with van der Waals surface area (Å²) in [6.07, 6.45) is 0.604. The maximum Gasteiger partial charge on any atom is 0.209 e. The number of hydrogen-bond acceptors (Lipinski definition) is 5. The molecule has 0 aliphatic carbocycles. The van der Waals surface area contributed by atoms with E-state index in [1.807, 2.05) is 18.2 Å². The van der Waals surface area contributed by atoms with Gasteiger partial charge in [-0.2, -0.15) is 0 Å². The number of nitrogens with zero attached hydrogens (tertiary/aromatic N) is 2. The third kappa shape index (κ3) is 1.99. The second kappa shape index (κ2) is 4.01. The molecule has 5 heteroatoms. The van der Waals surface area contributed by atoms with E-state index in [0.717, 1.165) is 24.1 Å². The third-order valence-corrected chi connectivity index (χ3v) is 3.10. The monoisotopic (exact) mass is 233 g/mol. The molecule has 1 fully saturated rings. The molecule has 0 spiro atoms. The van der Waals surface area contributed by atoms with Crippen LogP contribution in [0, 0.1) is 0 Å². The zero-order valence-corrected chi connectivity index (χ0v) is 9.47. The zero-order chi connectivity index (χ0) is 11.8. The van der Waals surface area contributed by atoms with Gasteiger partial charge < -0.3 is 15.3 Å². The lowest BCUT2D eigenvalue weighted by Gasteiger charge is -2.11. The third-order valence-electron chi connectivity index (χ3n) is 3.10. The summed E-state index contributed by atoms with van der Waals surface area (Å²) >= 11 is 0. The largest absolute Gasteiger partial charge is 0.439 e. The van der Waals surface area contributed by atoms with Crippen LogP contribution in [-0.4, -0.2) is 34.2 Å². The standard InChI is InChI=1S/C12H15N3O2/c13-9-2-1-3-10-12(9)14-11(17-10)7-15-5-4-8(16)6-15/h1-3,8,16H,4-7,13H2. The van der Waals surface area contributed by atoms with E-state index < -0.39 is 0 Å². The first-order valence-corrected chi connectivity index (χ1v) is 5.77. The van der Waals surface area contributed by atoms with Crippen LogP contribution in [0.15, 0.2) is 22.6 Å². The van der Waals surface area contributed by atoms with E-state index in [0.29, 0.717) is 24.7 Å². The maximum atomic E-state index is 9.45. The minimum absolute atomic E-state index is 0.218. The fourth-order valence-electron chi connectivity index (χ4n) is 2.23. The number of fused-ring (bicyclic) bond motifs is 1.